The minimum absolute atomic E-state index is 0.0571. The van der Waals surface area contributed by atoms with Gasteiger partial charge < -0.3 is 14.6 Å². The molecule has 1 aromatic heterocycles. The van der Waals surface area contributed by atoms with Crippen molar-refractivity contribution in [1.82, 2.24) is 15.0 Å². The largest absolute Gasteiger partial charge is 0.462 e. The maximum absolute atomic E-state index is 12.8. The molecule has 1 aliphatic rings. The van der Waals surface area contributed by atoms with Gasteiger partial charge in [0, 0.05) is 17.2 Å². The predicted octanol–water partition coefficient (Wildman–Crippen LogP) is 5.71. The Kier molecular flexibility index (Phi) is 8.29. The molecule has 4 rings (SSSR count). The molecular weight excluding hydrogens is 492 g/mol. The number of esters is 1. The summed E-state index contributed by atoms with van der Waals surface area (Å²) < 4.78 is 10.5. The summed E-state index contributed by atoms with van der Waals surface area (Å²) in [6.07, 6.45) is 1.44. The van der Waals surface area contributed by atoms with Crippen molar-refractivity contribution >= 4 is 29.2 Å². The lowest BCUT2D eigenvalue weighted by molar-refractivity contribution is -0.121. The van der Waals surface area contributed by atoms with Gasteiger partial charge in [0.2, 0.25) is 17.6 Å². The molecule has 1 saturated heterocycles. The van der Waals surface area contributed by atoms with E-state index in [9.17, 15) is 9.59 Å². The van der Waals surface area contributed by atoms with E-state index in [0.717, 1.165) is 31.5 Å². The number of likely N-dealkylation sites (tertiary alicyclic amines) is 1. The monoisotopic (exact) mass is 524 g/mol. The molecule has 1 fully saturated rings. The average molecular weight is 525 g/mol. The lowest BCUT2D eigenvalue weighted by Gasteiger charge is -2.30. The van der Waals surface area contributed by atoms with Gasteiger partial charge in [-0.15, -0.1) is 0 Å². The van der Waals surface area contributed by atoms with Crippen LogP contribution < -0.4 is 5.32 Å². The standard InChI is InChI=1S/C28H33ClN4O4/c1-5-36-27(35)22-11-10-21(16-23(22)29)30-26(34)19-12-14-33(15-13-19)17-24-31-25(32-37-24)18-6-8-20(9-7-18)28(2,3)4/h6-11,16,19H,5,12-15,17H2,1-4H3,(H,30,34). The number of nitrogens with one attached hydrogen (secondary N) is 1. The highest BCUT2D eigenvalue weighted by atomic mass is 35.5. The smallest absolute Gasteiger partial charge is 0.339 e. The minimum atomic E-state index is -0.482. The van der Waals surface area contributed by atoms with Gasteiger partial charge in [0.05, 0.1) is 23.7 Å². The summed E-state index contributed by atoms with van der Waals surface area (Å²) in [6.45, 7) is 10.6. The van der Waals surface area contributed by atoms with E-state index in [-0.39, 0.29) is 34.4 Å². The molecule has 8 nitrogen and oxygen atoms in total. The van der Waals surface area contributed by atoms with Crippen molar-refractivity contribution in [2.24, 2.45) is 5.92 Å². The molecule has 1 N–H and O–H groups in total. The molecule has 0 spiro atoms. The molecule has 2 heterocycles. The molecule has 0 radical (unpaired) electrons. The maximum atomic E-state index is 12.8. The van der Waals surface area contributed by atoms with Gasteiger partial charge in [-0.05, 0) is 62.0 Å². The summed E-state index contributed by atoms with van der Waals surface area (Å²) in [5.74, 6) is 0.494. The molecule has 1 aliphatic heterocycles. The number of hydrogen-bond donors (Lipinski definition) is 1. The van der Waals surface area contributed by atoms with Crippen LogP contribution in [0.2, 0.25) is 5.02 Å². The van der Waals surface area contributed by atoms with Gasteiger partial charge in [-0.2, -0.15) is 4.98 Å². The first-order valence-corrected chi connectivity index (χ1v) is 12.9. The number of benzene rings is 2. The molecule has 0 bridgehead atoms. The third kappa shape index (κ3) is 6.76. The van der Waals surface area contributed by atoms with E-state index in [1.807, 2.05) is 12.1 Å². The van der Waals surface area contributed by atoms with Crippen LogP contribution in [0.15, 0.2) is 47.0 Å². The van der Waals surface area contributed by atoms with Crippen LogP contribution in [-0.2, 0) is 21.5 Å². The van der Waals surface area contributed by atoms with Crippen molar-refractivity contribution in [2.45, 2.75) is 52.5 Å². The number of ether oxygens (including phenoxy) is 1. The van der Waals surface area contributed by atoms with Crippen LogP contribution in [0.25, 0.3) is 11.4 Å². The first kappa shape index (κ1) is 26.8. The molecule has 0 aliphatic carbocycles. The van der Waals surface area contributed by atoms with E-state index in [0.29, 0.717) is 23.9 Å². The Morgan fingerprint density at radius 3 is 2.46 bits per heavy atom. The quantitative estimate of drug-likeness (QED) is 0.395. The Hall–Kier alpha value is -3.23. The van der Waals surface area contributed by atoms with E-state index in [1.165, 1.54) is 5.56 Å². The van der Waals surface area contributed by atoms with E-state index in [1.54, 1.807) is 25.1 Å². The Morgan fingerprint density at radius 1 is 1.14 bits per heavy atom. The lowest BCUT2D eigenvalue weighted by Crippen LogP contribution is -2.37. The van der Waals surface area contributed by atoms with E-state index in [2.05, 4.69) is 53.3 Å². The number of amides is 1. The summed E-state index contributed by atoms with van der Waals surface area (Å²) in [7, 11) is 0. The Balaban J connectivity index is 1.28. The zero-order chi connectivity index (χ0) is 26.6. The third-order valence-corrected chi connectivity index (χ3v) is 6.84. The van der Waals surface area contributed by atoms with Gasteiger partial charge in [0.25, 0.3) is 0 Å². The zero-order valence-electron chi connectivity index (χ0n) is 21.7. The van der Waals surface area contributed by atoms with Crippen molar-refractivity contribution in [3.63, 3.8) is 0 Å². The van der Waals surface area contributed by atoms with Gasteiger partial charge in [-0.25, -0.2) is 4.79 Å². The van der Waals surface area contributed by atoms with Gasteiger partial charge >= 0.3 is 5.97 Å². The van der Waals surface area contributed by atoms with Crippen molar-refractivity contribution in [2.75, 3.05) is 25.0 Å². The van der Waals surface area contributed by atoms with Crippen LogP contribution in [-0.4, -0.2) is 46.6 Å². The SMILES string of the molecule is CCOC(=O)c1ccc(NC(=O)C2CCN(Cc3nc(-c4ccc(C(C)(C)C)cc4)no3)CC2)cc1Cl. The number of halogens is 1. The minimum Gasteiger partial charge on any atom is -0.462 e. The van der Waals surface area contributed by atoms with Crippen molar-refractivity contribution in [3.8, 4) is 11.4 Å². The number of carbonyl (C=O) groups excluding carboxylic acids is 2. The summed E-state index contributed by atoms with van der Waals surface area (Å²) in [5, 5.41) is 7.31. The van der Waals surface area contributed by atoms with Crippen LogP contribution in [0.4, 0.5) is 5.69 Å². The fraction of sp³-hybridized carbons (Fsp3) is 0.429. The van der Waals surface area contributed by atoms with Crippen LogP contribution in [0.3, 0.4) is 0 Å². The van der Waals surface area contributed by atoms with Gasteiger partial charge in [0.15, 0.2) is 0 Å². The molecule has 196 valence electrons. The Morgan fingerprint density at radius 2 is 1.84 bits per heavy atom. The number of nitrogens with zero attached hydrogens (tertiary/aromatic N) is 3. The highest BCUT2D eigenvalue weighted by Crippen LogP contribution is 2.27. The molecular formula is C28H33ClN4O4. The second-order valence-corrected chi connectivity index (χ2v) is 10.7. The molecule has 0 saturated carbocycles. The number of carbonyl (C=O) groups is 2. The Labute approximate surface area is 222 Å². The second-order valence-electron chi connectivity index (χ2n) is 10.3. The number of hydrogen-bond acceptors (Lipinski definition) is 7. The maximum Gasteiger partial charge on any atom is 0.339 e. The average Bonchev–Trinajstić information content (AvgIpc) is 3.32. The third-order valence-electron chi connectivity index (χ3n) is 6.53. The number of aromatic nitrogens is 2. The molecule has 3 aromatic rings. The van der Waals surface area contributed by atoms with Crippen molar-refractivity contribution in [1.29, 1.82) is 0 Å². The molecule has 0 unspecified atom stereocenters. The van der Waals surface area contributed by atoms with Gasteiger partial charge in [-0.3, -0.25) is 9.69 Å². The van der Waals surface area contributed by atoms with Crippen LogP contribution in [0.1, 0.15) is 62.3 Å². The molecule has 37 heavy (non-hydrogen) atoms. The van der Waals surface area contributed by atoms with E-state index >= 15 is 0 Å². The highest BCUT2D eigenvalue weighted by molar-refractivity contribution is 6.34. The summed E-state index contributed by atoms with van der Waals surface area (Å²) in [5.41, 5.74) is 3.10. The van der Waals surface area contributed by atoms with Crippen LogP contribution >= 0.6 is 11.6 Å². The van der Waals surface area contributed by atoms with Crippen molar-refractivity contribution in [3.05, 3.63) is 64.5 Å². The fourth-order valence-electron chi connectivity index (χ4n) is 4.31. The molecule has 0 atom stereocenters. The zero-order valence-corrected chi connectivity index (χ0v) is 22.5. The summed E-state index contributed by atoms with van der Waals surface area (Å²) in [6, 6.07) is 13.1. The highest BCUT2D eigenvalue weighted by Gasteiger charge is 2.26. The topological polar surface area (TPSA) is 97.6 Å². The number of rotatable bonds is 7. The first-order valence-electron chi connectivity index (χ1n) is 12.6. The number of piperidine rings is 1. The molecule has 2 aromatic carbocycles. The normalized spacial score (nSPS) is 14.9. The fourth-order valence-corrected chi connectivity index (χ4v) is 4.57. The number of anilines is 1. The first-order chi connectivity index (χ1) is 17.6. The second kappa shape index (κ2) is 11.4. The van der Waals surface area contributed by atoms with Crippen LogP contribution in [0.5, 0.6) is 0 Å². The summed E-state index contributed by atoms with van der Waals surface area (Å²) >= 11 is 6.21. The van der Waals surface area contributed by atoms with E-state index in [4.69, 9.17) is 20.9 Å². The Bertz CT molecular complexity index is 1240. The van der Waals surface area contributed by atoms with Gasteiger partial charge in [-0.1, -0.05) is 61.8 Å². The molecule has 9 heteroatoms. The van der Waals surface area contributed by atoms with Crippen molar-refractivity contribution < 1.29 is 18.8 Å². The van der Waals surface area contributed by atoms with Crippen LogP contribution in [0, 0.1) is 5.92 Å². The molecule has 1 amide bonds. The predicted molar refractivity (Wildman–Crippen MR) is 142 cm³/mol. The summed E-state index contributed by atoms with van der Waals surface area (Å²) in [4.78, 5) is 31.5. The lowest BCUT2D eigenvalue weighted by atomic mass is 9.87. The van der Waals surface area contributed by atoms with E-state index < -0.39 is 5.97 Å². The van der Waals surface area contributed by atoms with Gasteiger partial charge in [0.1, 0.15) is 0 Å².